The Labute approximate surface area is 107 Å². The molecule has 5 heteroatoms. The number of aromatic nitrogens is 3. The summed E-state index contributed by atoms with van der Waals surface area (Å²) in [6.07, 6.45) is 0. The van der Waals surface area contributed by atoms with Gasteiger partial charge in [0.05, 0.1) is 19.2 Å². The van der Waals surface area contributed by atoms with Gasteiger partial charge >= 0.3 is 0 Å². The lowest BCUT2D eigenvalue weighted by molar-refractivity contribution is 0.415. The van der Waals surface area contributed by atoms with Crippen molar-refractivity contribution in [3.05, 3.63) is 29.1 Å². The van der Waals surface area contributed by atoms with Crippen LogP contribution in [0.2, 0.25) is 0 Å². The summed E-state index contributed by atoms with van der Waals surface area (Å²) < 4.78 is 7.15. The molecule has 1 aromatic carbocycles. The van der Waals surface area contributed by atoms with Crippen LogP contribution < -0.4 is 10.5 Å². The minimum Gasteiger partial charge on any atom is -0.496 e. The van der Waals surface area contributed by atoms with Crippen LogP contribution in [0.4, 0.5) is 0 Å². The summed E-state index contributed by atoms with van der Waals surface area (Å²) in [4.78, 5) is 4.42. The normalized spacial score (nSPS) is 10.7. The smallest absolute Gasteiger partial charge is 0.164 e. The number of hydrogen-bond acceptors (Lipinski definition) is 4. The number of benzene rings is 1. The lowest BCUT2D eigenvalue weighted by atomic mass is 10.0. The van der Waals surface area contributed by atoms with Gasteiger partial charge in [-0.3, -0.25) is 0 Å². The first-order valence-electron chi connectivity index (χ1n) is 5.82. The molecule has 0 atom stereocenters. The third-order valence-electron chi connectivity index (χ3n) is 3.05. The average Bonchev–Trinajstić information content (AvgIpc) is 2.73. The van der Waals surface area contributed by atoms with Gasteiger partial charge < -0.3 is 10.5 Å². The first kappa shape index (κ1) is 12.6. The van der Waals surface area contributed by atoms with E-state index < -0.39 is 0 Å². The van der Waals surface area contributed by atoms with Crippen molar-refractivity contribution >= 4 is 0 Å². The summed E-state index contributed by atoms with van der Waals surface area (Å²) in [5, 5.41) is 4.26. The quantitative estimate of drug-likeness (QED) is 0.892. The Morgan fingerprint density at radius 1 is 1.28 bits per heavy atom. The lowest BCUT2D eigenvalue weighted by Gasteiger charge is -2.10. The van der Waals surface area contributed by atoms with Crippen molar-refractivity contribution < 1.29 is 4.74 Å². The minimum absolute atomic E-state index is 0.334. The van der Waals surface area contributed by atoms with Crippen molar-refractivity contribution in [2.75, 3.05) is 7.11 Å². The van der Waals surface area contributed by atoms with E-state index in [0.717, 1.165) is 17.1 Å². The van der Waals surface area contributed by atoms with Gasteiger partial charge in [-0.15, -0.1) is 0 Å². The number of ether oxygens (including phenoxy) is 1. The van der Waals surface area contributed by atoms with E-state index in [-0.39, 0.29) is 0 Å². The van der Waals surface area contributed by atoms with Crippen LogP contribution in [0, 0.1) is 13.8 Å². The molecule has 0 spiro atoms. The maximum Gasteiger partial charge on any atom is 0.164 e. The fourth-order valence-electron chi connectivity index (χ4n) is 1.89. The summed E-state index contributed by atoms with van der Waals surface area (Å²) in [6.45, 7) is 4.46. The molecule has 96 valence electrons. The average molecular weight is 246 g/mol. The molecule has 0 saturated heterocycles. The van der Waals surface area contributed by atoms with Gasteiger partial charge in [0.15, 0.2) is 11.6 Å². The van der Waals surface area contributed by atoms with Crippen LogP contribution in [-0.4, -0.2) is 21.9 Å². The molecular weight excluding hydrogens is 228 g/mol. The van der Waals surface area contributed by atoms with Crippen molar-refractivity contribution in [1.82, 2.24) is 14.8 Å². The van der Waals surface area contributed by atoms with E-state index in [1.807, 2.05) is 13.1 Å². The molecule has 5 nitrogen and oxygen atoms in total. The zero-order valence-electron chi connectivity index (χ0n) is 11.2. The van der Waals surface area contributed by atoms with Crippen LogP contribution in [0.25, 0.3) is 11.4 Å². The van der Waals surface area contributed by atoms with Gasteiger partial charge in [-0.2, -0.15) is 5.10 Å². The van der Waals surface area contributed by atoms with Gasteiger partial charge in [0.25, 0.3) is 0 Å². The van der Waals surface area contributed by atoms with Crippen LogP contribution in [0.3, 0.4) is 0 Å². The molecule has 1 aromatic heterocycles. The van der Waals surface area contributed by atoms with Gasteiger partial charge in [-0.05, 0) is 37.1 Å². The fourth-order valence-corrected chi connectivity index (χ4v) is 1.89. The molecule has 0 fully saturated rings. The molecule has 18 heavy (non-hydrogen) atoms. The lowest BCUT2D eigenvalue weighted by Crippen LogP contribution is -1.99. The summed E-state index contributed by atoms with van der Waals surface area (Å²) in [5.74, 6) is 2.21. The molecule has 0 unspecified atom stereocenters. The third kappa shape index (κ3) is 2.09. The number of rotatable bonds is 3. The Bertz CT molecular complexity index is 575. The second-order valence-electron chi connectivity index (χ2n) is 4.32. The highest BCUT2D eigenvalue weighted by molar-refractivity contribution is 5.66. The molecule has 0 aliphatic heterocycles. The van der Waals surface area contributed by atoms with Crippen molar-refractivity contribution in [3.63, 3.8) is 0 Å². The zero-order valence-corrected chi connectivity index (χ0v) is 11.2. The van der Waals surface area contributed by atoms with Gasteiger partial charge in [0.1, 0.15) is 5.75 Å². The third-order valence-corrected chi connectivity index (χ3v) is 3.05. The SMILES string of the molecule is COc1cc(C)c(C)cc1-c1nc(CN)nn1C. The van der Waals surface area contributed by atoms with Crippen LogP contribution in [0.5, 0.6) is 5.75 Å². The first-order chi connectivity index (χ1) is 8.56. The summed E-state index contributed by atoms with van der Waals surface area (Å²) in [6, 6.07) is 4.08. The van der Waals surface area contributed by atoms with Gasteiger partial charge in [0, 0.05) is 7.05 Å². The fraction of sp³-hybridized carbons (Fsp3) is 0.385. The molecule has 0 amide bonds. The topological polar surface area (TPSA) is 66.0 Å². The van der Waals surface area contributed by atoms with Crippen LogP contribution in [0.15, 0.2) is 12.1 Å². The molecule has 0 saturated carbocycles. The summed E-state index contributed by atoms with van der Waals surface area (Å²) >= 11 is 0. The molecule has 2 aromatic rings. The van der Waals surface area contributed by atoms with E-state index in [1.54, 1.807) is 11.8 Å². The van der Waals surface area contributed by atoms with E-state index in [1.165, 1.54) is 11.1 Å². The van der Waals surface area contributed by atoms with E-state index in [2.05, 4.69) is 30.0 Å². The van der Waals surface area contributed by atoms with E-state index in [0.29, 0.717) is 12.4 Å². The predicted molar refractivity (Wildman–Crippen MR) is 70.4 cm³/mol. The minimum atomic E-state index is 0.334. The molecule has 0 aliphatic rings. The Kier molecular flexibility index (Phi) is 3.34. The van der Waals surface area contributed by atoms with Crippen molar-refractivity contribution in [2.24, 2.45) is 12.8 Å². The Morgan fingerprint density at radius 3 is 2.50 bits per heavy atom. The van der Waals surface area contributed by atoms with Crippen LogP contribution in [0.1, 0.15) is 17.0 Å². The maximum absolute atomic E-state index is 5.57. The van der Waals surface area contributed by atoms with Crippen molar-refractivity contribution in [2.45, 2.75) is 20.4 Å². The van der Waals surface area contributed by atoms with Crippen LogP contribution in [-0.2, 0) is 13.6 Å². The molecular formula is C13H18N4O. The summed E-state index contributed by atoms with van der Waals surface area (Å²) in [7, 11) is 3.52. The molecule has 0 radical (unpaired) electrons. The number of methoxy groups -OCH3 is 1. The molecule has 1 heterocycles. The number of nitrogens with zero attached hydrogens (tertiary/aromatic N) is 3. The second-order valence-corrected chi connectivity index (χ2v) is 4.32. The number of aryl methyl sites for hydroxylation is 3. The van der Waals surface area contributed by atoms with Crippen molar-refractivity contribution in [1.29, 1.82) is 0 Å². The number of nitrogens with two attached hydrogens (primary N) is 1. The molecule has 0 aliphatic carbocycles. The number of hydrogen-bond donors (Lipinski definition) is 1. The van der Waals surface area contributed by atoms with E-state index in [9.17, 15) is 0 Å². The Balaban J connectivity index is 2.61. The van der Waals surface area contributed by atoms with E-state index >= 15 is 0 Å². The molecule has 2 N–H and O–H groups in total. The highest BCUT2D eigenvalue weighted by atomic mass is 16.5. The van der Waals surface area contributed by atoms with E-state index in [4.69, 9.17) is 10.5 Å². The van der Waals surface area contributed by atoms with Gasteiger partial charge in [0.2, 0.25) is 0 Å². The molecule has 2 rings (SSSR count). The maximum atomic E-state index is 5.57. The van der Waals surface area contributed by atoms with Gasteiger partial charge in [-0.25, -0.2) is 9.67 Å². The standard InChI is InChI=1S/C13H18N4O/c1-8-5-10(11(18-4)6-9(8)2)13-15-12(7-14)16-17(13)3/h5-6H,7,14H2,1-4H3. The largest absolute Gasteiger partial charge is 0.496 e. The predicted octanol–water partition coefficient (Wildman–Crippen LogP) is 1.57. The highest BCUT2D eigenvalue weighted by Crippen LogP contribution is 2.31. The highest BCUT2D eigenvalue weighted by Gasteiger charge is 2.14. The first-order valence-corrected chi connectivity index (χ1v) is 5.82. The van der Waals surface area contributed by atoms with Gasteiger partial charge in [-0.1, -0.05) is 0 Å². The molecule has 0 bridgehead atoms. The van der Waals surface area contributed by atoms with Crippen molar-refractivity contribution in [3.8, 4) is 17.1 Å². The zero-order chi connectivity index (χ0) is 13.3. The summed E-state index contributed by atoms with van der Waals surface area (Å²) in [5.41, 5.74) is 8.89. The Morgan fingerprint density at radius 2 is 1.94 bits per heavy atom. The monoisotopic (exact) mass is 246 g/mol. The van der Waals surface area contributed by atoms with Crippen LogP contribution >= 0.6 is 0 Å². The second kappa shape index (κ2) is 4.78. The Hall–Kier alpha value is -1.88.